The predicted molar refractivity (Wildman–Crippen MR) is 120 cm³/mol. The number of nitro groups is 1. The lowest BCUT2D eigenvalue weighted by molar-refractivity contribution is -0.525. The first-order valence-electron chi connectivity index (χ1n) is 11.6. The molecule has 178 valence electrons. The summed E-state index contributed by atoms with van der Waals surface area (Å²) in [5.41, 5.74) is 0.629. The number of ether oxygens (including phenoxy) is 3. The van der Waals surface area contributed by atoms with Crippen LogP contribution in [0.5, 0.6) is 0 Å². The first kappa shape index (κ1) is 24.5. The number of hydrogen-bond acceptors (Lipinski definition) is 6. The Bertz CT molecular complexity index is 743. The highest BCUT2D eigenvalue weighted by Crippen LogP contribution is 2.27. The van der Waals surface area contributed by atoms with Gasteiger partial charge in [0.1, 0.15) is 11.6 Å². The molecule has 8 nitrogen and oxygen atoms in total. The molecule has 1 aliphatic carbocycles. The second-order valence-electron chi connectivity index (χ2n) is 9.72. The second kappa shape index (κ2) is 11.1. The summed E-state index contributed by atoms with van der Waals surface area (Å²) in [5, 5.41) is 11.5. The van der Waals surface area contributed by atoms with Crippen LogP contribution in [0.3, 0.4) is 0 Å². The van der Waals surface area contributed by atoms with Gasteiger partial charge in [0, 0.05) is 17.9 Å². The zero-order chi connectivity index (χ0) is 23.1. The smallest absolute Gasteiger partial charge is 0.410 e. The molecule has 8 heteroatoms. The zero-order valence-corrected chi connectivity index (χ0v) is 19.4. The average molecular weight is 449 g/mol. The minimum atomic E-state index is -0.819. The molecule has 2 fully saturated rings. The Balaban J connectivity index is 1.43. The first-order valence-corrected chi connectivity index (χ1v) is 11.6. The molecule has 1 aromatic rings. The Morgan fingerprint density at radius 1 is 1.06 bits per heavy atom. The van der Waals surface area contributed by atoms with E-state index in [1.807, 2.05) is 18.2 Å². The van der Waals surface area contributed by atoms with Crippen molar-refractivity contribution < 1.29 is 23.9 Å². The van der Waals surface area contributed by atoms with E-state index >= 15 is 0 Å². The largest absolute Gasteiger partial charge is 0.444 e. The molecule has 1 aromatic carbocycles. The number of rotatable bonds is 8. The van der Waals surface area contributed by atoms with Gasteiger partial charge >= 0.3 is 6.09 Å². The molecule has 0 radical (unpaired) electrons. The fourth-order valence-corrected chi connectivity index (χ4v) is 4.42. The lowest BCUT2D eigenvalue weighted by atomic mass is 9.95. The molecule has 1 amide bonds. The van der Waals surface area contributed by atoms with Crippen molar-refractivity contribution in [1.29, 1.82) is 0 Å². The summed E-state index contributed by atoms with van der Waals surface area (Å²) in [4.78, 5) is 25.2. The van der Waals surface area contributed by atoms with Gasteiger partial charge in [0.05, 0.1) is 25.4 Å². The van der Waals surface area contributed by atoms with Crippen molar-refractivity contribution in [3.8, 4) is 0 Å². The molecule has 2 atom stereocenters. The quantitative estimate of drug-likeness (QED) is 0.437. The van der Waals surface area contributed by atoms with E-state index in [2.05, 4.69) is 12.1 Å². The summed E-state index contributed by atoms with van der Waals surface area (Å²) < 4.78 is 17.6. The number of carbonyl (C=O) groups is 1. The van der Waals surface area contributed by atoms with Gasteiger partial charge in [-0.2, -0.15) is 0 Å². The van der Waals surface area contributed by atoms with Gasteiger partial charge in [0.25, 0.3) is 0 Å². The van der Waals surface area contributed by atoms with Gasteiger partial charge in [-0.1, -0.05) is 30.3 Å². The van der Waals surface area contributed by atoms with Crippen LogP contribution in [0.4, 0.5) is 4.79 Å². The molecule has 1 heterocycles. The number of likely N-dealkylation sites (tertiary alicyclic amines) is 1. The molecule has 1 saturated heterocycles. The lowest BCUT2D eigenvalue weighted by Crippen LogP contribution is -2.47. The third kappa shape index (κ3) is 7.17. The summed E-state index contributed by atoms with van der Waals surface area (Å²) in [6.07, 6.45) is 4.54. The molecule has 3 rings (SSSR count). The highest BCUT2D eigenvalue weighted by atomic mass is 16.6. The van der Waals surface area contributed by atoms with Crippen molar-refractivity contribution in [2.45, 2.75) is 89.2 Å². The number of hydrogen-bond donors (Lipinski definition) is 0. The summed E-state index contributed by atoms with van der Waals surface area (Å²) in [6, 6.07) is 8.88. The number of nitrogens with zero attached hydrogens (tertiary/aromatic N) is 2. The van der Waals surface area contributed by atoms with Crippen LogP contribution in [-0.4, -0.2) is 65.6 Å². The van der Waals surface area contributed by atoms with Crippen LogP contribution in [0.15, 0.2) is 30.3 Å². The van der Waals surface area contributed by atoms with Gasteiger partial charge in [-0.05, 0) is 58.4 Å². The van der Waals surface area contributed by atoms with Crippen LogP contribution in [0, 0.1) is 10.1 Å². The minimum Gasteiger partial charge on any atom is -0.444 e. The normalized spacial score (nSPS) is 26.2. The maximum atomic E-state index is 12.5. The molecule has 0 aromatic heterocycles. The predicted octanol–water partition coefficient (Wildman–Crippen LogP) is 4.23. The average Bonchev–Trinajstić information content (AvgIpc) is 3.17. The Morgan fingerprint density at radius 2 is 1.69 bits per heavy atom. The Morgan fingerprint density at radius 3 is 2.28 bits per heavy atom. The van der Waals surface area contributed by atoms with Crippen molar-refractivity contribution in [2.75, 3.05) is 19.8 Å². The Labute approximate surface area is 190 Å². The number of benzene rings is 1. The Hall–Kier alpha value is -2.19. The van der Waals surface area contributed by atoms with Crippen LogP contribution in [0.2, 0.25) is 0 Å². The van der Waals surface area contributed by atoms with Crippen LogP contribution < -0.4 is 0 Å². The topological polar surface area (TPSA) is 91.1 Å². The summed E-state index contributed by atoms with van der Waals surface area (Å²) in [5.74, 6) is 0. The monoisotopic (exact) mass is 448 g/mol. The van der Waals surface area contributed by atoms with Gasteiger partial charge in [0.15, 0.2) is 0 Å². The highest BCUT2D eigenvalue weighted by molar-refractivity contribution is 5.69. The van der Waals surface area contributed by atoms with Gasteiger partial charge in [0.2, 0.25) is 6.04 Å². The first-order chi connectivity index (χ1) is 15.2. The fourth-order valence-electron chi connectivity index (χ4n) is 4.42. The van der Waals surface area contributed by atoms with Crippen LogP contribution in [0.1, 0.15) is 58.4 Å². The third-order valence-corrected chi connectivity index (χ3v) is 6.12. The van der Waals surface area contributed by atoms with E-state index in [-0.39, 0.29) is 23.7 Å². The van der Waals surface area contributed by atoms with E-state index in [4.69, 9.17) is 14.2 Å². The highest BCUT2D eigenvalue weighted by Gasteiger charge is 2.46. The third-order valence-electron chi connectivity index (χ3n) is 6.12. The van der Waals surface area contributed by atoms with Crippen molar-refractivity contribution in [1.82, 2.24) is 4.90 Å². The minimum absolute atomic E-state index is 0.0393. The molecule has 0 spiro atoms. The number of carbonyl (C=O) groups excluding carboxylic acids is 1. The summed E-state index contributed by atoms with van der Waals surface area (Å²) in [6.45, 7) is 6.55. The van der Waals surface area contributed by atoms with E-state index in [0.717, 1.165) is 32.1 Å². The standard InChI is InChI=1S/C24H36N2O6/c1-24(2,3)32-23(27)25-15-13-21(26(28)29)22(25)17-31-20-11-9-19(10-12-20)30-16-14-18-7-5-4-6-8-18/h4-8,19-22H,9-17H2,1-3H3. The molecule has 2 aliphatic rings. The van der Waals surface area contributed by atoms with Gasteiger partial charge in [-0.15, -0.1) is 0 Å². The maximum Gasteiger partial charge on any atom is 0.410 e. The number of amides is 1. The van der Waals surface area contributed by atoms with E-state index in [9.17, 15) is 14.9 Å². The molecule has 1 saturated carbocycles. The van der Waals surface area contributed by atoms with Crippen LogP contribution in [0.25, 0.3) is 0 Å². The van der Waals surface area contributed by atoms with Crippen molar-refractivity contribution in [3.63, 3.8) is 0 Å². The molecule has 1 aliphatic heterocycles. The molecular weight excluding hydrogens is 412 g/mol. The van der Waals surface area contributed by atoms with Crippen LogP contribution in [-0.2, 0) is 20.6 Å². The lowest BCUT2D eigenvalue weighted by Gasteiger charge is -2.32. The van der Waals surface area contributed by atoms with Gasteiger partial charge in [-0.25, -0.2) is 4.79 Å². The van der Waals surface area contributed by atoms with E-state index < -0.39 is 23.8 Å². The summed E-state index contributed by atoms with van der Waals surface area (Å²) in [7, 11) is 0. The van der Waals surface area contributed by atoms with E-state index in [1.54, 1.807) is 20.8 Å². The fraction of sp³-hybridized carbons (Fsp3) is 0.708. The zero-order valence-electron chi connectivity index (χ0n) is 19.4. The summed E-state index contributed by atoms with van der Waals surface area (Å²) >= 11 is 0. The van der Waals surface area contributed by atoms with E-state index in [0.29, 0.717) is 19.6 Å². The van der Waals surface area contributed by atoms with Gasteiger partial charge in [-0.3, -0.25) is 15.0 Å². The Kier molecular flexibility index (Phi) is 8.48. The van der Waals surface area contributed by atoms with Crippen molar-refractivity contribution >= 4 is 6.09 Å². The second-order valence-corrected chi connectivity index (χ2v) is 9.72. The van der Waals surface area contributed by atoms with Crippen molar-refractivity contribution in [3.05, 3.63) is 46.0 Å². The SMILES string of the molecule is CC(C)(C)OC(=O)N1CCC([N+](=O)[O-])C1COC1CCC(OCCc2ccccc2)CC1. The molecule has 2 unspecified atom stereocenters. The van der Waals surface area contributed by atoms with Crippen molar-refractivity contribution in [2.24, 2.45) is 0 Å². The molecule has 0 N–H and O–H groups in total. The molecule has 0 bridgehead atoms. The van der Waals surface area contributed by atoms with Gasteiger partial charge < -0.3 is 14.2 Å². The molecule has 32 heavy (non-hydrogen) atoms. The maximum absolute atomic E-state index is 12.5. The van der Waals surface area contributed by atoms with E-state index in [1.165, 1.54) is 10.5 Å². The molecular formula is C24H36N2O6. The van der Waals surface area contributed by atoms with Crippen LogP contribution >= 0.6 is 0 Å².